The van der Waals surface area contributed by atoms with Crippen molar-refractivity contribution >= 4 is 11.7 Å². The molecule has 3 heterocycles. The summed E-state index contributed by atoms with van der Waals surface area (Å²) in [6.07, 6.45) is 4.54. The van der Waals surface area contributed by atoms with E-state index in [4.69, 9.17) is 0 Å². The summed E-state index contributed by atoms with van der Waals surface area (Å²) in [6.45, 7) is 0.997. The largest absolute Gasteiger partial charge is 0.338 e. The van der Waals surface area contributed by atoms with Crippen LogP contribution in [-0.2, 0) is 0 Å². The van der Waals surface area contributed by atoms with Gasteiger partial charge in [-0.15, -0.1) is 0 Å². The smallest absolute Gasteiger partial charge is 0.255 e. The molecule has 1 amide bonds. The summed E-state index contributed by atoms with van der Waals surface area (Å²) in [5.41, 5.74) is 0.620. The molecule has 23 heavy (non-hydrogen) atoms. The van der Waals surface area contributed by atoms with E-state index in [1.807, 2.05) is 0 Å². The number of aromatic nitrogens is 2. The van der Waals surface area contributed by atoms with E-state index >= 15 is 0 Å². The topological polar surface area (TPSA) is 83.1 Å². The average Bonchev–Trinajstić information content (AvgIpc) is 2.62. The van der Waals surface area contributed by atoms with Crippen LogP contribution in [0.4, 0.5) is 0 Å². The number of Topliss-reactive ketones (excluding diaryl/α,β-unsaturated/α-hetero) is 1. The summed E-state index contributed by atoms with van der Waals surface area (Å²) >= 11 is 0. The summed E-state index contributed by atoms with van der Waals surface area (Å²) < 4.78 is 0. The second-order valence-electron chi connectivity index (χ2n) is 5.61. The first-order chi connectivity index (χ1) is 11.1. The number of piperidine rings is 1. The second-order valence-corrected chi connectivity index (χ2v) is 5.61. The number of hydrogen-bond donors (Lipinski definition) is 1. The number of nitrogens with zero attached hydrogens (tertiary/aromatic N) is 2. The van der Waals surface area contributed by atoms with Crippen LogP contribution in [0.15, 0.2) is 47.5 Å². The van der Waals surface area contributed by atoms with Gasteiger partial charge in [-0.05, 0) is 31.0 Å². The maximum absolute atomic E-state index is 12.5. The number of rotatable bonds is 3. The van der Waals surface area contributed by atoms with Crippen LogP contribution in [0.25, 0.3) is 0 Å². The molecule has 1 fully saturated rings. The highest BCUT2D eigenvalue weighted by molar-refractivity contribution is 5.98. The molecule has 1 aliphatic rings. The normalized spacial score (nSPS) is 17.7. The fourth-order valence-corrected chi connectivity index (χ4v) is 2.82. The number of carbonyl (C=O) groups excluding carboxylic acids is 2. The Morgan fingerprint density at radius 3 is 2.78 bits per heavy atom. The first kappa shape index (κ1) is 15.1. The lowest BCUT2D eigenvalue weighted by Gasteiger charge is -2.31. The molecule has 0 spiro atoms. The molecule has 0 unspecified atom stereocenters. The maximum Gasteiger partial charge on any atom is 0.255 e. The number of nitrogens with one attached hydrogen (secondary N) is 1. The average molecular weight is 311 g/mol. The molecular formula is C17H17N3O3. The van der Waals surface area contributed by atoms with Crippen molar-refractivity contribution in [3.63, 3.8) is 0 Å². The molecule has 6 nitrogen and oxygen atoms in total. The van der Waals surface area contributed by atoms with Crippen molar-refractivity contribution in [3.8, 4) is 0 Å². The molecular weight excluding hydrogens is 294 g/mol. The van der Waals surface area contributed by atoms with Crippen molar-refractivity contribution < 1.29 is 9.59 Å². The molecule has 118 valence electrons. The molecule has 1 saturated heterocycles. The van der Waals surface area contributed by atoms with Gasteiger partial charge in [-0.25, -0.2) is 0 Å². The summed E-state index contributed by atoms with van der Waals surface area (Å²) in [5.74, 6) is -0.422. The summed E-state index contributed by atoms with van der Waals surface area (Å²) in [4.78, 5) is 44.3. The highest BCUT2D eigenvalue weighted by Gasteiger charge is 2.30. The zero-order valence-corrected chi connectivity index (χ0v) is 12.6. The molecule has 6 heteroatoms. The Kier molecular flexibility index (Phi) is 4.32. The quantitative estimate of drug-likeness (QED) is 0.871. The fraction of sp³-hybridized carbons (Fsp3) is 0.294. The number of amides is 1. The van der Waals surface area contributed by atoms with Gasteiger partial charge >= 0.3 is 0 Å². The van der Waals surface area contributed by atoms with Gasteiger partial charge in [0.15, 0.2) is 5.78 Å². The van der Waals surface area contributed by atoms with Crippen LogP contribution in [0.1, 0.15) is 33.7 Å². The fourth-order valence-electron chi connectivity index (χ4n) is 2.82. The van der Waals surface area contributed by atoms with Gasteiger partial charge in [0.05, 0.1) is 5.56 Å². The van der Waals surface area contributed by atoms with Gasteiger partial charge in [-0.2, -0.15) is 0 Å². The number of carbonyl (C=O) groups is 2. The zero-order chi connectivity index (χ0) is 16.2. The molecule has 1 aliphatic heterocycles. The van der Waals surface area contributed by atoms with E-state index in [2.05, 4.69) is 9.97 Å². The minimum atomic E-state index is -0.247. The van der Waals surface area contributed by atoms with Crippen LogP contribution in [-0.4, -0.2) is 39.6 Å². The molecule has 3 rings (SSSR count). The lowest BCUT2D eigenvalue weighted by Crippen LogP contribution is -2.42. The monoisotopic (exact) mass is 311 g/mol. The minimum absolute atomic E-state index is 0.0235. The number of hydrogen-bond acceptors (Lipinski definition) is 4. The van der Waals surface area contributed by atoms with E-state index in [1.54, 1.807) is 29.3 Å². The van der Waals surface area contributed by atoms with Crippen molar-refractivity contribution in [1.82, 2.24) is 14.9 Å². The van der Waals surface area contributed by atoms with Gasteiger partial charge in [0.2, 0.25) is 5.56 Å². The lowest BCUT2D eigenvalue weighted by atomic mass is 9.91. The van der Waals surface area contributed by atoms with Crippen LogP contribution < -0.4 is 5.56 Å². The van der Waals surface area contributed by atoms with Gasteiger partial charge in [0.1, 0.15) is 5.69 Å². The minimum Gasteiger partial charge on any atom is -0.338 e. The van der Waals surface area contributed by atoms with Crippen LogP contribution >= 0.6 is 0 Å². The van der Waals surface area contributed by atoms with Gasteiger partial charge < -0.3 is 9.88 Å². The van der Waals surface area contributed by atoms with Crippen molar-refractivity contribution in [2.45, 2.75) is 12.8 Å². The molecule has 2 aromatic heterocycles. The number of aromatic amines is 1. The van der Waals surface area contributed by atoms with Gasteiger partial charge in [-0.3, -0.25) is 19.4 Å². The van der Waals surface area contributed by atoms with E-state index < -0.39 is 0 Å². The summed E-state index contributed by atoms with van der Waals surface area (Å²) in [7, 11) is 0. The van der Waals surface area contributed by atoms with Crippen molar-refractivity contribution in [3.05, 3.63) is 64.3 Å². The third-order valence-corrected chi connectivity index (χ3v) is 4.03. The van der Waals surface area contributed by atoms with E-state index in [0.29, 0.717) is 24.3 Å². The van der Waals surface area contributed by atoms with Crippen molar-refractivity contribution in [1.29, 1.82) is 0 Å². The molecule has 0 saturated carbocycles. The number of pyridine rings is 2. The van der Waals surface area contributed by atoms with E-state index in [0.717, 1.165) is 12.8 Å². The molecule has 0 aliphatic carbocycles. The van der Waals surface area contributed by atoms with Crippen LogP contribution in [0.2, 0.25) is 0 Å². The van der Waals surface area contributed by atoms with Crippen LogP contribution in [0.3, 0.4) is 0 Å². The highest BCUT2D eigenvalue weighted by atomic mass is 16.2. The third-order valence-electron chi connectivity index (χ3n) is 4.03. The number of H-pyrrole nitrogens is 1. The molecule has 0 aromatic carbocycles. The van der Waals surface area contributed by atoms with Crippen molar-refractivity contribution in [2.24, 2.45) is 5.92 Å². The van der Waals surface area contributed by atoms with Crippen LogP contribution in [0, 0.1) is 5.92 Å². The Hall–Kier alpha value is -2.76. The Bertz CT molecular complexity index is 750. The zero-order valence-electron chi connectivity index (χ0n) is 12.6. The molecule has 2 aromatic rings. The molecule has 0 radical (unpaired) electrons. The Balaban J connectivity index is 1.73. The number of likely N-dealkylation sites (tertiary alicyclic amines) is 1. The molecule has 0 bridgehead atoms. The predicted octanol–water partition coefficient (Wildman–Crippen LogP) is 1.50. The van der Waals surface area contributed by atoms with Crippen molar-refractivity contribution in [2.75, 3.05) is 13.1 Å². The predicted molar refractivity (Wildman–Crippen MR) is 84.3 cm³/mol. The van der Waals surface area contributed by atoms with Crippen LogP contribution in [0.5, 0.6) is 0 Å². The standard InChI is InChI=1S/C17H17N3O3/c21-15-7-6-12(10-19-15)17(23)20-9-3-4-13(11-20)16(22)14-5-1-2-8-18-14/h1-2,5-8,10,13H,3-4,9,11H2,(H,19,21)/t13-/m0/s1. The molecule has 1 N–H and O–H groups in total. The Morgan fingerprint density at radius 2 is 2.09 bits per heavy atom. The second kappa shape index (κ2) is 6.56. The van der Waals surface area contributed by atoms with E-state index in [1.165, 1.54) is 18.3 Å². The van der Waals surface area contributed by atoms with Gasteiger partial charge in [-0.1, -0.05) is 6.07 Å². The first-order valence-electron chi connectivity index (χ1n) is 7.58. The number of ketones is 1. The van der Waals surface area contributed by atoms with E-state index in [9.17, 15) is 14.4 Å². The Labute approximate surface area is 133 Å². The summed E-state index contributed by atoms with van der Waals surface area (Å²) in [6, 6.07) is 8.08. The first-order valence-corrected chi connectivity index (χ1v) is 7.58. The molecule has 1 atom stereocenters. The lowest BCUT2D eigenvalue weighted by molar-refractivity contribution is 0.0635. The third kappa shape index (κ3) is 3.36. The van der Waals surface area contributed by atoms with Gasteiger partial charge in [0, 0.05) is 37.5 Å². The maximum atomic E-state index is 12.5. The summed E-state index contributed by atoms with van der Waals surface area (Å²) in [5, 5.41) is 0. The SMILES string of the molecule is O=C(c1ccccn1)[C@H]1CCCN(C(=O)c2ccc(=O)[nH]c2)C1. The highest BCUT2D eigenvalue weighted by Crippen LogP contribution is 2.21. The van der Waals surface area contributed by atoms with Gasteiger partial charge in [0.25, 0.3) is 5.91 Å². The van der Waals surface area contributed by atoms with E-state index in [-0.39, 0.29) is 23.2 Å². The Morgan fingerprint density at radius 1 is 1.22 bits per heavy atom.